The van der Waals surface area contributed by atoms with E-state index >= 15 is 0 Å². The number of alkyl carbamates (subject to hydrolysis) is 2. The van der Waals surface area contributed by atoms with Crippen molar-refractivity contribution in [3.63, 3.8) is 0 Å². The zero-order chi connectivity index (χ0) is 40.8. The summed E-state index contributed by atoms with van der Waals surface area (Å²) in [7, 11) is 2.54. The van der Waals surface area contributed by atoms with Crippen molar-refractivity contribution in [2.24, 2.45) is 5.92 Å². The molecule has 14 heteroatoms. The van der Waals surface area contributed by atoms with Crippen molar-refractivity contribution in [1.82, 2.24) is 40.8 Å². The van der Waals surface area contributed by atoms with Crippen molar-refractivity contribution in [1.29, 1.82) is 0 Å². The highest BCUT2D eigenvalue weighted by atomic mass is 16.5. The summed E-state index contributed by atoms with van der Waals surface area (Å²) in [4.78, 5) is 66.4. The van der Waals surface area contributed by atoms with Gasteiger partial charge in [0.25, 0.3) is 0 Å². The molecule has 3 heterocycles. The Morgan fingerprint density at radius 3 is 2.36 bits per heavy atom. The molecule has 0 saturated carbocycles. The molecule has 0 bridgehead atoms. The molecule has 2 aromatic heterocycles. The van der Waals surface area contributed by atoms with Crippen LogP contribution < -0.4 is 16.0 Å². The molecule has 1 aliphatic heterocycles. The Morgan fingerprint density at radius 2 is 1.68 bits per heavy atom. The molecule has 56 heavy (non-hydrogen) atoms. The first-order valence-electron chi connectivity index (χ1n) is 19.3. The predicted octanol–water partition coefficient (Wildman–Crippen LogP) is 6.22. The first kappa shape index (κ1) is 42.9. The minimum absolute atomic E-state index is 0.106. The Hall–Kier alpha value is -5.84. The van der Waals surface area contributed by atoms with Gasteiger partial charge >= 0.3 is 12.2 Å². The number of aromatic nitrogens is 4. The summed E-state index contributed by atoms with van der Waals surface area (Å²) >= 11 is 0. The first-order valence-corrected chi connectivity index (χ1v) is 19.3. The molecule has 0 radical (unpaired) electrons. The van der Waals surface area contributed by atoms with Crippen LogP contribution in [0.15, 0.2) is 36.5 Å². The zero-order valence-corrected chi connectivity index (χ0v) is 33.9. The molecule has 1 aliphatic rings. The quantitative estimate of drug-likeness (QED) is 0.0831. The standard InChI is InChI=1S/C39H48N8O6.C3H8/c1-23(2)35(46-39(51)53-6)37(49)47-17-9-10-32(47)36-41-21-31(45-36)27-18-24(3)28(25(4)19-27)14-12-26-13-15-29-30(20-26)44-33(43-29)11-7-8-16-40-34(48)22-42-38(50)52-5;1-3-2/h13,15,18-21,23,32,35H,7-11,16-17,22H2,1-6H3,(H,40,48)(H,41,45)(H,42,50)(H,43,44)(H,46,51);3H2,1-2H3. The third-order valence-corrected chi connectivity index (χ3v) is 9.29. The van der Waals surface area contributed by atoms with Gasteiger partial charge < -0.3 is 40.3 Å². The normalized spacial score (nSPS) is 13.9. The zero-order valence-electron chi connectivity index (χ0n) is 33.9. The molecule has 4 amide bonds. The van der Waals surface area contributed by atoms with E-state index < -0.39 is 18.2 Å². The summed E-state index contributed by atoms with van der Waals surface area (Å²) in [5, 5.41) is 7.82. The van der Waals surface area contributed by atoms with Crippen LogP contribution in [0.5, 0.6) is 0 Å². The molecule has 4 aromatic rings. The van der Waals surface area contributed by atoms with Crippen LogP contribution in [0, 0.1) is 31.6 Å². The molecule has 1 saturated heterocycles. The highest BCUT2D eigenvalue weighted by molar-refractivity contribution is 5.86. The maximum Gasteiger partial charge on any atom is 0.407 e. The second-order valence-electron chi connectivity index (χ2n) is 14.2. The molecule has 5 rings (SSSR count). The van der Waals surface area contributed by atoms with Crippen molar-refractivity contribution < 1.29 is 28.7 Å². The number of nitrogens with zero attached hydrogens (tertiary/aromatic N) is 3. The molecule has 300 valence electrons. The molecule has 0 spiro atoms. The van der Waals surface area contributed by atoms with Gasteiger partial charge in [-0.1, -0.05) is 46.0 Å². The predicted molar refractivity (Wildman–Crippen MR) is 216 cm³/mol. The van der Waals surface area contributed by atoms with Crippen LogP contribution in [-0.2, 0) is 25.5 Å². The second kappa shape index (κ2) is 20.7. The smallest absolute Gasteiger partial charge is 0.407 e. The number of amides is 4. The Kier molecular flexibility index (Phi) is 15.9. The third kappa shape index (κ3) is 11.6. The van der Waals surface area contributed by atoms with Gasteiger partial charge in [-0.05, 0) is 86.9 Å². The van der Waals surface area contributed by atoms with E-state index in [1.807, 2.05) is 52.1 Å². The molecule has 2 unspecified atom stereocenters. The van der Waals surface area contributed by atoms with Gasteiger partial charge in [0.1, 0.15) is 17.7 Å². The average Bonchev–Trinajstić information content (AvgIpc) is 3.95. The van der Waals surface area contributed by atoms with Gasteiger partial charge in [0.15, 0.2) is 0 Å². The molecule has 14 nitrogen and oxygen atoms in total. The molecular weight excluding hydrogens is 713 g/mol. The van der Waals surface area contributed by atoms with Gasteiger partial charge in [-0.2, -0.15) is 0 Å². The number of nitrogens with one attached hydrogen (secondary N) is 5. The maximum absolute atomic E-state index is 13.5. The Bertz CT molecular complexity index is 2020. The largest absolute Gasteiger partial charge is 0.453 e. The number of carbonyl (C=O) groups is 4. The Labute approximate surface area is 329 Å². The summed E-state index contributed by atoms with van der Waals surface area (Å²) in [5.74, 6) is 7.77. The number of ether oxygens (including phenoxy) is 2. The lowest BCUT2D eigenvalue weighted by Crippen LogP contribution is -2.51. The molecule has 2 aromatic carbocycles. The average molecular weight is 769 g/mol. The first-order chi connectivity index (χ1) is 26.9. The van der Waals surface area contributed by atoms with Gasteiger partial charge in [0, 0.05) is 36.2 Å². The number of methoxy groups -OCH3 is 2. The van der Waals surface area contributed by atoms with E-state index in [-0.39, 0.29) is 30.3 Å². The summed E-state index contributed by atoms with van der Waals surface area (Å²) in [6.45, 7) is 13.1. The number of hydrogen-bond donors (Lipinski definition) is 5. The lowest BCUT2D eigenvalue weighted by Gasteiger charge is -2.30. The van der Waals surface area contributed by atoms with Crippen LogP contribution in [0.1, 0.15) is 99.7 Å². The maximum atomic E-state index is 13.5. The van der Waals surface area contributed by atoms with Gasteiger partial charge in [-0.3, -0.25) is 9.59 Å². The number of H-pyrrole nitrogens is 2. The number of hydrogen-bond acceptors (Lipinski definition) is 8. The van der Waals surface area contributed by atoms with Crippen molar-refractivity contribution in [2.45, 2.75) is 92.2 Å². The fourth-order valence-corrected chi connectivity index (χ4v) is 6.49. The van der Waals surface area contributed by atoms with Crippen molar-refractivity contribution in [3.8, 4) is 23.1 Å². The molecule has 0 aliphatic carbocycles. The van der Waals surface area contributed by atoms with Gasteiger partial charge in [-0.15, -0.1) is 0 Å². The number of aromatic amines is 2. The van der Waals surface area contributed by atoms with E-state index in [2.05, 4.69) is 73.5 Å². The minimum atomic E-state index is -0.690. The van der Waals surface area contributed by atoms with Crippen LogP contribution in [0.3, 0.4) is 0 Å². The van der Waals surface area contributed by atoms with Crippen molar-refractivity contribution in [3.05, 3.63) is 70.4 Å². The molecular formula is C42H56N8O6. The van der Waals surface area contributed by atoms with E-state index in [0.29, 0.717) is 13.1 Å². The van der Waals surface area contributed by atoms with Crippen molar-refractivity contribution >= 4 is 35.0 Å². The van der Waals surface area contributed by atoms with E-state index in [1.54, 1.807) is 4.90 Å². The Morgan fingerprint density at radius 1 is 0.964 bits per heavy atom. The van der Waals surface area contributed by atoms with E-state index in [9.17, 15) is 19.2 Å². The van der Waals surface area contributed by atoms with Crippen LogP contribution in [0.25, 0.3) is 22.3 Å². The number of rotatable bonds is 12. The number of benzene rings is 2. The summed E-state index contributed by atoms with van der Waals surface area (Å²) < 4.78 is 9.21. The van der Waals surface area contributed by atoms with Crippen LogP contribution in [-0.4, -0.2) is 88.7 Å². The number of aryl methyl sites for hydroxylation is 3. The fraction of sp³-hybridized carbons (Fsp3) is 0.476. The summed E-state index contributed by atoms with van der Waals surface area (Å²) in [6, 6.07) is 9.22. The highest BCUT2D eigenvalue weighted by Gasteiger charge is 2.37. The summed E-state index contributed by atoms with van der Waals surface area (Å²) in [5.41, 5.74) is 7.52. The van der Waals surface area contributed by atoms with Crippen LogP contribution in [0.4, 0.5) is 9.59 Å². The molecule has 2 atom stereocenters. The second-order valence-corrected chi connectivity index (χ2v) is 14.2. The van der Waals surface area contributed by atoms with Crippen LogP contribution >= 0.6 is 0 Å². The highest BCUT2D eigenvalue weighted by Crippen LogP contribution is 2.33. The minimum Gasteiger partial charge on any atom is -0.453 e. The lowest BCUT2D eigenvalue weighted by molar-refractivity contribution is -0.135. The number of carbonyl (C=O) groups excluding carboxylic acids is 4. The van der Waals surface area contributed by atoms with Gasteiger partial charge in [0.2, 0.25) is 11.8 Å². The summed E-state index contributed by atoms with van der Waals surface area (Å²) in [6.07, 6.45) is 5.75. The molecule has 5 N–H and O–H groups in total. The molecule has 1 fully saturated rings. The van der Waals surface area contributed by atoms with E-state index in [1.165, 1.54) is 20.6 Å². The third-order valence-electron chi connectivity index (χ3n) is 9.29. The SMILES string of the molecule is CCC.COC(=O)NCC(=O)NCCCCc1nc2ccc(C#Cc3c(C)cc(-c4cnc(C5CCCN5C(=O)C(NC(=O)OC)C(C)C)[nH]4)cc3C)cc2[nH]1. The number of unbranched alkanes of at least 4 members (excludes halogenated alkanes) is 1. The monoisotopic (exact) mass is 768 g/mol. The van der Waals surface area contributed by atoms with Crippen molar-refractivity contribution in [2.75, 3.05) is 33.9 Å². The number of likely N-dealkylation sites (tertiary alicyclic amines) is 1. The topological polar surface area (TPSA) is 183 Å². The fourth-order valence-electron chi connectivity index (χ4n) is 6.49. The number of imidazole rings is 2. The van der Waals surface area contributed by atoms with E-state index in [0.717, 1.165) is 88.3 Å². The lowest BCUT2D eigenvalue weighted by atomic mass is 9.98. The van der Waals surface area contributed by atoms with Crippen LogP contribution in [0.2, 0.25) is 0 Å². The Balaban J connectivity index is 0.00000225. The van der Waals surface area contributed by atoms with Gasteiger partial charge in [0.05, 0.1) is 49.7 Å². The van der Waals surface area contributed by atoms with Gasteiger partial charge in [-0.25, -0.2) is 19.6 Å². The van der Waals surface area contributed by atoms with E-state index in [4.69, 9.17) is 9.72 Å². The number of fused-ring (bicyclic) bond motifs is 1.